The first kappa shape index (κ1) is 18.1. The second kappa shape index (κ2) is 7.66. The Morgan fingerprint density at radius 2 is 2.00 bits per heavy atom. The highest BCUT2D eigenvalue weighted by molar-refractivity contribution is 5.94. The molecule has 5 nitrogen and oxygen atoms in total. The minimum Gasteiger partial charge on any atom is -0.491 e. The normalized spacial score (nSPS) is 23.0. The van der Waals surface area contributed by atoms with Gasteiger partial charge in [0.25, 0.3) is 12.3 Å². The predicted octanol–water partition coefficient (Wildman–Crippen LogP) is 2.48. The van der Waals surface area contributed by atoms with Gasteiger partial charge in [0.1, 0.15) is 18.0 Å². The molecule has 7 heteroatoms. The summed E-state index contributed by atoms with van der Waals surface area (Å²) in [6.45, 7) is 1.51. The quantitative estimate of drug-likeness (QED) is 0.882. The number of carbonyl (C=O) groups excluding carboxylic acids is 1. The first-order chi connectivity index (χ1) is 12.0. The maximum atomic E-state index is 12.8. The fourth-order valence-electron chi connectivity index (χ4n) is 3.16. The molecular formula is C18H23F2NO4. The molecule has 1 amide bonds. The maximum Gasteiger partial charge on any atom is 0.266 e. The van der Waals surface area contributed by atoms with Crippen molar-refractivity contribution in [2.45, 2.75) is 43.8 Å². The number of ether oxygens (including phenoxy) is 2. The summed E-state index contributed by atoms with van der Waals surface area (Å²) in [7, 11) is 0. The summed E-state index contributed by atoms with van der Waals surface area (Å²) in [5.41, 5.74) is -1.50. The average molecular weight is 355 g/mol. The van der Waals surface area contributed by atoms with Crippen molar-refractivity contribution in [1.29, 1.82) is 0 Å². The molecule has 0 radical (unpaired) electrons. The molecule has 1 unspecified atom stereocenters. The van der Waals surface area contributed by atoms with Crippen molar-refractivity contribution >= 4 is 5.91 Å². The van der Waals surface area contributed by atoms with Gasteiger partial charge in [-0.25, -0.2) is 8.78 Å². The van der Waals surface area contributed by atoms with Gasteiger partial charge in [0.2, 0.25) is 0 Å². The molecule has 0 aromatic heterocycles. The van der Waals surface area contributed by atoms with Crippen molar-refractivity contribution in [3.63, 3.8) is 0 Å². The van der Waals surface area contributed by atoms with E-state index in [-0.39, 0.29) is 37.9 Å². The number of alkyl halides is 2. The largest absolute Gasteiger partial charge is 0.491 e. The molecule has 2 saturated heterocycles. The molecule has 25 heavy (non-hydrogen) atoms. The molecule has 2 fully saturated rings. The Morgan fingerprint density at radius 1 is 1.32 bits per heavy atom. The molecule has 138 valence electrons. The van der Waals surface area contributed by atoms with E-state index in [1.807, 2.05) is 0 Å². The Labute approximate surface area is 145 Å². The second-order valence-electron chi connectivity index (χ2n) is 6.67. The SMILES string of the molecule is O=C(c1ccc(OCC2CCCO2)cc1)N1CCC(O)(C(F)F)CC1. The minimum atomic E-state index is -2.79. The third-order valence-corrected chi connectivity index (χ3v) is 4.88. The summed E-state index contributed by atoms with van der Waals surface area (Å²) in [4.78, 5) is 14.0. The summed E-state index contributed by atoms with van der Waals surface area (Å²) in [6, 6.07) is 6.78. The van der Waals surface area contributed by atoms with Crippen LogP contribution in [0.4, 0.5) is 8.78 Å². The molecule has 2 aliphatic rings. The van der Waals surface area contributed by atoms with Crippen LogP contribution in [0, 0.1) is 0 Å². The van der Waals surface area contributed by atoms with E-state index in [9.17, 15) is 18.7 Å². The zero-order valence-electron chi connectivity index (χ0n) is 14.0. The number of likely N-dealkylation sites (tertiary alicyclic amines) is 1. The number of hydrogen-bond acceptors (Lipinski definition) is 4. The molecular weight excluding hydrogens is 332 g/mol. The molecule has 1 aromatic rings. The Hall–Kier alpha value is -1.73. The van der Waals surface area contributed by atoms with E-state index in [0.29, 0.717) is 17.9 Å². The van der Waals surface area contributed by atoms with Gasteiger partial charge in [0, 0.05) is 25.3 Å². The lowest BCUT2D eigenvalue weighted by Gasteiger charge is -2.37. The summed E-state index contributed by atoms with van der Waals surface area (Å²) in [6.07, 6.45) is -0.833. The monoisotopic (exact) mass is 355 g/mol. The molecule has 0 aliphatic carbocycles. The van der Waals surface area contributed by atoms with Crippen LogP contribution < -0.4 is 4.74 Å². The van der Waals surface area contributed by atoms with Gasteiger partial charge in [-0.05, 0) is 49.9 Å². The Bertz CT molecular complexity index is 579. The Balaban J connectivity index is 1.52. The van der Waals surface area contributed by atoms with Crippen LogP contribution in [-0.2, 0) is 4.74 Å². The highest BCUT2D eigenvalue weighted by atomic mass is 19.3. The number of rotatable bonds is 5. The van der Waals surface area contributed by atoms with Crippen LogP contribution in [-0.4, -0.2) is 60.3 Å². The Kier molecular flexibility index (Phi) is 5.54. The van der Waals surface area contributed by atoms with Crippen LogP contribution >= 0.6 is 0 Å². The average Bonchev–Trinajstić information content (AvgIpc) is 3.14. The number of carbonyl (C=O) groups is 1. The van der Waals surface area contributed by atoms with Crippen LogP contribution in [0.2, 0.25) is 0 Å². The van der Waals surface area contributed by atoms with Gasteiger partial charge in [-0.1, -0.05) is 0 Å². The third kappa shape index (κ3) is 4.27. The maximum absolute atomic E-state index is 12.8. The standard InChI is InChI=1S/C18H23F2NO4/c19-17(20)18(23)7-9-21(10-8-18)16(22)13-3-5-14(6-4-13)25-12-15-2-1-11-24-15/h3-6,15,17,23H,1-2,7-12H2. The summed E-state index contributed by atoms with van der Waals surface area (Å²) >= 11 is 0. The molecule has 3 rings (SSSR count). The number of aliphatic hydroxyl groups is 1. The van der Waals surface area contributed by atoms with Gasteiger partial charge in [-0.15, -0.1) is 0 Å². The van der Waals surface area contributed by atoms with Gasteiger partial charge >= 0.3 is 0 Å². The summed E-state index contributed by atoms with van der Waals surface area (Å²) in [5.74, 6) is 0.444. The van der Waals surface area contributed by atoms with E-state index in [0.717, 1.165) is 19.4 Å². The summed E-state index contributed by atoms with van der Waals surface area (Å²) < 4.78 is 36.8. The van der Waals surface area contributed by atoms with Crippen molar-refractivity contribution < 1.29 is 28.2 Å². The molecule has 1 aromatic carbocycles. The molecule has 2 aliphatic heterocycles. The van der Waals surface area contributed by atoms with Crippen molar-refractivity contribution in [2.75, 3.05) is 26.3 Å². The van der Waals surface area contributed by atoms with E-state index >= 15 is 0 Å². The summed E-state index contributed by atoms with van der Waals surface area (Å²) in [5, 5.41) is 9.79. The van der Waals surface area contributed by atoms with Crippen LogP contribution in [0.1, 0.15) is 36.0 Å². The van der Waals surface area contributed by atoms with E-state index in [2.05, 4.69) is 0 Å². The van der Waals surface area contributed by atoms with Gasteiger partial charge in [-0.2, -0.15) is 0 Å². The van der Waals surface area contributed by atoms with E-state index in [4.69, 9.17) is 9.47 Å². The van der Waals surface area contributed by atoms with Crippen LogP contribution in [0.25, 0.3) is 0 Å². The minimum absolute atomic E-state index is 0.112. The molecule has 0 bridgehead atoms. The number of piperidine rings is 1. The second-order valence-corrected chi connectivity index (χ2v) is 6.67. The smallest absolute Gasteiger partial charge is 0.266 e. The van der Waals surface area contributed by atoms with E-state index in [1.54, 1.807) is 24.3 Å². The van der Waals surface area contributed by atoms with Crippen molar-refractivity contribution in [1.82, 2.24) is 4.90 Å². The van der Waals surface area contributed by atoms with E-state index < -0.39 is 12.0 Å². The zero-order valence-corrected chi connectivity index (χ0v) is 14.0. The molecule has 1 atom stereocenters. The lowest BCUT2D eigenvalue weighted by atomic mass is 9.91. The van der Waals surface area contributed by atoms with Gasteiger partial charge in [-0.3, -0.25) is 4.79 Å². The fourth-order valence-corrected chi connectivity index (χ4v) is 3.16. The third-order valence-electron chi connectivity index (χ3n) is 4.88. The molecule has 0 saturated carbocycles. The highest BCUT2D eigenvalue weighted by Gasteiger charge is 2.41. The first-order valence-corrected chi connectivity index (χ1v) is 8.62. The lowest BCUT2D eigenvalue weighted by Crippen LogP contribution is -2.50. The number of halogens is 2. The topological polar surface area (TPSA) is 59.0 Å². The molecule has 2 heterocycles. The lowest BCUT2D eigenvalue weighted by molar-refractivity contribution is -0.122. The van der Waals surface area contributed by atoms with Crippen LogP contribution in [0.15, 0.2) is 24.3 Å². The van der Waals surface area contributed by atoms with Gasteiger partial charge < -0.3 is 19.5 Å². The zero-order chi connectivity index (χ0) is 17.9. The Morgan fingerprint density at radius 3 is 2.56 bits per heavy atom. The van der Waals surface area contributed by atoms with E-state index in [1.165, 1.54) is 4.90 Å². The predicted molar refractivity (Wildman–Crippen MR) is 87.0 cm³/mol. The van der Waals surface area contributed by atoms with Crippen LogP contribution in [0.3, 0.4) is 0 Å². The number of benzene rings is 1. The van der Waals surface area contributed by atoms with Crippen molar-refractivity contribution in [3.05, 3.63) is 29.8 Å². The highest BCUT2D eigenvalue weighted by Crippen LogP contribution is 2.29. The molecule has 1 N–H and O–H groups in total. The van der Waals surface area contributed by atoms with Gasteiger partial charge in [0.15, 0.2) is 0 Å². The van der Waals surface area contributed by atoms with Crippen LogP contribution in [0.5, 0.6) is 5.75 Å². The number of amides is 1. The first-order valence-electron chi connectivity index (χ1n) is 8.62. The number of nitrogens with zero attached hydrogens (tertiary/aromatic N) is 1. The fraction of sp³-hybridized carbons (Fsp3) is 0.611. The van der Waals surface area contributed by atoms with Crippen molar-refractivity contribution in [2.24, 2.45) is 0 Å². The number of hydrogen-bond donors (Lipinski definition) is 1. The van der Waals surface area contributed by atoms with Gasteiger partial charge in [0.05, 0.1) is 6.10 Å². The van der Waals surface area contributed by atoms with Crippen molar-refractivity contribution in [3.8, 4) is 5.75 Å². The molecule has 0 spiro atoms.